The van der Waals surface area contributed by atoms with E-state index in [9.17, 15) is 10.2 Å². The molecule has 1 fully saturated rings. The van der Waals surface area contributed by atoms with E-state index in [1.165, 1.54) is 6.33 Å². The predicted octanol–water partition coefficient (Wildman–Crippen LogP) is -0.346. The van der Waals surface area contributed by atoms with Crippen LogP contribution in [-0.2, 0) is 14.3 Å². The van der Waals surface area contributed by atoms with E-state index in [0.717, 1.165) is 0 Å². The Balaban J connectivity index is 1.63. The van der Waals surface area contributed by atoms with Gasteiger partial charge in [0.2, 0.25) is 5.90 Å². The molecule has 3 heterocycles. The summed E-state index contributed by atoms with van der Waals surface area (Å²) >= 11 is 0. The Kier molecular flexibility index (Phi) is 7.02. The van der Waals surface area contributed by atoms with E-state index in [1.807, 2.05) is 18.9 Å². The molecule has 4 N–H and O–H groups in total. The van der Waals surface area contributed by atoms with Gasteiger partial charge < -0.3 is 35.2 Å². The number of aryl methyl sites for hydroxylation is 1. The topological polar surface area (TPSA) is 153 Å². The van der Waals surface area contributed by atoms with Gasteiger partial charge in [0, 0.05) is 20.0 Å². The maximum absolute atomic E-state index is 10.6. The first-order valence-corrected chi connectivity index (χ1v) is 9.78. The van der Waals surface area contributed by atoms with Gasteiger partial charge in [-0.1, -0.05) is 5.16 Å². The molecule has 4 atom stereocenters. The van der Waals surface area contributed by atoms with Crippen molar-refractivity contribution in [3.05, 3.63) is 12.2 Å². The van der Waals surface area contributed by atoms with Crippen LogP contribution in [0.15, 0.2) is 11.5 Å². The van der Waals surface area contributed by atoms with Crippen molar-refractivity contribution in [3.8, 4) is 0 Å². The summed E-state index contributed by atoms with van der Waals surface area (Å²) < 4.78 is 12.8. The third-order valence-corrected chi connectivity index (χ3v) is 4.88. The first-order chi connectivity index (χ1) is 14.3. The molecule has 166 valence electrons. The lowest BCUT2D eigenvalue weighted by atomic mass is 10.1. The van der Waals surface area contributed by atoms with Crippen molar-refractivity contribution in [1.29, 1.82) is 0 Å². The fraction of sp³-hybridized carbons (Fsp3) is 0.667. The molecule has 12 nitrogen and oxygen atoms in total. The summed E-state index contributed by atoms with van der Waals surface area (Å²) in [5, 5.41) is 25.0. The number of nitrogen functional groups attached to an aromatic ring is 1. The number of nitrogens with two attached hydrogens (primary N) is 1. The van der Waals surface area contributed by atoms with Gasteiger partial charge in [0.25, 0.3) is 0 Å². The number of oxime groups is 1. The molecule has 0 radical (unpaired) electrons. The number of aromatic nitrogens is 4. The van der Waals surface area contributed by atoms with Crippen LogP contribution in [0.4, 0.5) is 5.82 Å². The standard InChI is InChI=1S/C18H29N7O5/c1-5-28-11(3)23-29-7-6-24(4)8-12-14(26)15(27)18(30-12)25-10(2)22-13-16(19)20-9-21-17(13)25/h9,12,14-15,18,26-27H,5-8H2,1-4H3,(H2,19,20,21)/t12-,14?,15?,18-/m1/s1. The fourth-order valence-electron chi connectivity index (χ4n) is 3.40. The van der Waals surface area contributed by atoms with E-state index in [0.29, 0.717) is 49.2 Å². The zero-order chi connectivity index (χ0) is 21.8. The number of imidazole rings is 1. The molecular formula is C18H29N7O5. The van der Waals surface area contributed by atoms with E-state index in [1.54, 1.807) is 18.4 Å². The minimum absolute atomic E-state index is 0.244. The Labute approximate surface area is 174 Å². The Bertz CT molecular complexity index is 889. The molecule has 0 aliphatic carbocycles. The number of aliphatic hydroxyl groups is 2. The number of nitrogens with zero attached hydrogens (tertiary/aromatic N) is 6. The molecule has 3 rings (SSSR count). The molecule has 1 aliphatic rings. The summed E-state index contributed by atoms with van der Waals surface area (Å²) in [6.45, 7) is 7.16. The number of fused-ring (bicyclic) bond motifs is 1. The van der Waals surface area contributed by atoms with E-state index in [-0.39, 0.29) is 5.82 Å². The van der Waals surface area contributed by atoms with Crippen molar-refractivity contribution < 1.29 is 24.5 Å². The highest BCUT2D eigenvalue weighted by Crippen LogP contribution is 2.33. The molecule has 0 bridgehead atoms. The second kappa shape index (κ2) is 9.51. The van der Waals surface area contributed by atoms with Gasteiger partial charge in [-0.25, -0.2) is 15.0 Å². The second-order valence-corrected chi connectivity index (χ2v) is 7.15. The molecule has 1 saturated heterocycles. The SMILES string of the molecule is CCOC(C)=NOCCN(C)C[C@H]1O[C@@H](n2c(C)nc3c(N)ncnc32)C(O)C1O. The van der Waals surface area contributed by atoms with Gasteiger partial charge in [-0.15, -0.1) is 0 Å². The highest BCUT2D eigenvalue weighted by Gasteiger charge is 2.45. The van der Waals surface area contributed by atoms with Gasteiger partial charge in [-0.3, -0.25) is 4.57 Å². The molecule has 0 saturated carbocycles. The maximum atomic E-state index is 10.6. The normalized spacial score (nSPS) is 24.7. The third-order valence-electron chi connectivity index (χ3n) is 4.88. The first kappa shape index (κ1) is 22.2. The van der Waals surface area contributed by atoms with Crippen molar-refractivity contribution in [2.75, 3.05) is 39.1 Å². The molecular weight excluding hydrogens is 394 g/mol. The predicted molar refractivity (Wildman–Crippen MR) is 109 cm³/mol. The quantitative estimate of drug-likeness (QED) is 0.222. The summed E-state index contributed by atoms with van der Waals surface area (Å²) in [6, 6.07) is 0. The molecule has 30 heavy (non-hydrogen) atoms. The third kappa shape index (κ3) is 4.61. The lowest BCUT2D eigenvalue weighted by Gasteiger charge is -2.22. The molecule has 2 aromatic rings. The fourth-order valence-corrected chi connectivity index (χ4v) is 3.40. The lowest BCUT2D eigenvalue weighted by Crippen LogP contribution is -2.39. The van der Waals surface area contributed by atoms with Crippen LogP contribution in [0.25, 0.3) is 11.2 Å². The van der Waals surface area contributed by atoms with Gasteiger partial charge >= 0.3 is 0 Å². The first-order valence-electron chi connectivity index (χ1n) is 9.78. The van der Waals surface area contributed by atoms with Crippen LogP contribution in [0.5, 0.6) is 0 Å². The molecule has 2 aromatic heterocycles. The van der Waals surface area contributed by atoms with E-state index < -0.39 is 24.5 Å². The number of likely N-dealkylation sites (N-methyl/N-ethyl adjacent to an activating group) is 1. The zero-order valence-electron chi connectivity index (χ0n) is 17.6. The van der Waals surface area contributed by atoms with Crippen LogP contribution in [0.1, 0.15) is 25.9 Å². The Morgan fingerprint density at radius 1 is 1.37 bits per heavy atom. The average Bonchev–Trinajstić information content (AvgIpc) is 3.17. The van der Waals surface area contributed by atoms with Crippen LogP contribution >= 0.6 is 0 Å². The summed E-state index contributed by atoms with van der Waals surface area (Å²) in [5.74, 6) is 1.26. The monoisotopic (exact) mass is 423 g/mol. The Morgan fingerprint density at radius 3 is 2.87 bits per heavy atom. The minimum Gasteiger partial charge on any atom is -0.479 e. The number of hydrogen-bond acceptors (Lipinski definition) is 11. The molecule has 0 amide bonds. The highest BCUT2D eigenvalue weighted by atomic mass is 16.6. The van der Waals surface area contributed by atoms with Crippen molar-refractivity contribution in [3.63, 3.8) is 0 Å². The smallest absolute Gasteiger partial charge is 0.222 e. The van der Waals surface area contributed by atoms with Gasteiger partial charge in [-0.2, -0.15) is 0 Å². The van der Waals surface area contributed by atoms with Gasteiger partial charge in [0.05, 0.1) is 6.61 Å². The van der Waals surface area contributed by atoms with E-state index in [2.05, 4.69) is 20.1 Å². The van der Waals surface area contributed by atoms with Gasteiger partial charge in [0.1, 0.15) is 37.1 Å². The number of rotatable bonds is 8. The van der Waals surface area contributed by atoms with Crippen molar-refractivity contribution in [2.24, 2.45) is 5.16 Å². The number of ether oxygens (including phenoxy) is 2. The molecule has 2 unspecified atom stereocenters. The number of aliphatic hydroxyl groups excluding tert-OH is 2. The van der Waals surface area contributed by atoms with E-state index >= 15 is 0 Å². The summed E-state index contributed by atoms with van der Waals surface area (Å²) in [5.41, 5.74) is 6.75. The summed E-state index contributed by atoms with van der Waals surface area (Å²) in [6.07, 6.45) is -2.35. The van der Waals surface area contributed by atoms with E-state index in [4.69, 9.17) is 20.0 Å². The lowest BCUT2D eigenvalue weighted by molar-refractivity contribution is -0.0445. The number of hydrogen-bond donors (Lipinski definition) is 3. The van der Waals surface area contributed by atoms with Crippen LogP contribution in [0.3, 0.4) is 0 Å². The highest BCUT2D eigenvalue weighted by molar-refractivity contribution is 5.81. The van der Waals surface area contributed by atoms with Crippen molar-refractivity contribution in [1.82, 2.24) is 24.4 Å². The van der Waals surface area contributed by atoms with Crippen molar-refractivity contribution >= 4 is 22.9 Å². The van der Waals surface area contributed by atoms with Crippen LogP contribution in [0, 0.1) is 6.92 Å². The van der Waals surface area contributed by atoms with Crippen LogP contribution < -0.4 is 5.73 Å². The summed E-state index contributed by atoms with van der Waals surface area (Å²) in [7, 11) is 1.87. The molecule has 1 aliphatic heterocycles. The molecule has 0 spiro atoms. The molecule has 12 heteroatoms. The summed E-state index contributed by atoms with van der Waals surface area (Å²) in [4.78, 5) is 19.7. The van der Waals surface area contributed by atoms with Gasteiger partial charge in [-0.05, 0) is 20.9 Å². The minimum atomic E-state index is -1.15. The van der Waals surface area contributed by atoms with Crippen molar-refractivity contribution in [2.45, 2.75) is 45.3 Å². The molecule has 0 aromatic carbocycles. The average molecular weight is 423 g/mol. The Morgan fingerprint density at radius 2 is 2.13 bits per heavy atom. The van der Waals surface area contributed by atoms with Crippen LogP contribution in [0.2, 0.25) is 0 Å². The zero-order valence-corrected chi connectivity index (χ0v) is 17.6. The Hall–Kier alpha value is -2.54. The van der Waals surface area contributed by atoms with Gasteiger partial charge in [0.15, 0.2) is 23.2 Å². The largest absolute Gasteiger partial charge is 0.479 e. The van der Waals surface area contributed by atoms with Crippen LogP contribution in [-0.4, -0.2) is 92.2 Å². The number of anilines is 1. The second-order valence-electron chi connectivity index (χ2n) is 7.15. The maximum Gasteiger partial charge on any atom is 0.222 e.